The molecule has 3 rings (SSSR count). The van der Waals surface area contributed by atoms with Gasteiger partial charge < -0.3 is 4.98 Å². The summed E-state index contributed by atoms with van der Waals surface area (Å²) in [5.41, 5.74) is 2.71. The van der Waals surface area contributed by atoms with E-state index in [1.165, 1.54) is 11.6 Å². The summed E-state index contributed by atoms with van der Waals surface area (Å²) in [6.07, 6.45) is 4.20. The minimum absolute atomic E-state index is 0.0788. The number of rotatable bonds is 4. The van der Waals surface area contributed by atoms with Gasteiger partial charge in [-0.25, -0.2) is 9.37 Å². The first-order chi connectivity index (χ1) is 9.84. The molecule has 0 amide bonds. The average molecular weight is 266 g/mol. The number of hydrogen-bond donors (Lipinski definition) is 1. The maximum atomic E-state index is 14.1. The molecule has 1 unspecified atom stereocenters. The van der Waals surface area contributed by atoms with Crippen molar-refractivity contribution in [3.8, 4) is 0 Å². The minimum atomic E-state index is -0.184. The van der Waals surface area contributed by atoms with E-state index in [0.29, 0.717) is 5.56 Å². The Morgan fingerprint density at radius 3 is 2.45 bits per heavy atom. The normalized spacial score (nSPS) is 12.2. The highest BCUT2D eigenvalue weighted by Crippen LogP contribution is 2.28. The third kappa shape index (κ3) is 2.62. The van der Waals surface area contributed by atoms with Crippen LogP contribution in [0.25, 0.3) is 0 Å². The van der Waals surface area contributed by atoms with E-state index in [9.17, 15) is 4.39 Å². The highest BCUT2D eigenvalue weighted by molar-refractivity contribution is 5.32. The Kier molecular flexibility index (Phi) is 3.59. The van der Waals surface area contributed by atoms with E-state index < -0.39 is 0 Å². The van der Waals surface area contributed by atoms with E-state index in [4.69, 9.17) is 0 Å². The molecule has 1 atom stereocenters. The Morgan fingerprint density at radius 1 is 1.00 bits per heavy atom. The van der Waals surface area contributed by atoms with Gasteiger partial charge in [0.1, 0.15) is 5.82 Å². The van der Waals surface area contributed by atoms with Crippen molar-refractivity contribution in [3.05, 3.63) is 89.8 Å². The molecule has 0 radical (unpaired) electrons. The van der Waals surface area contributed by atoms with Crippen LogP contribution in [0.5, 0.6) is 0 Å². The molecule has 0 aliphatic carbocycles. The van der Waals surface area contributed by atoms with Gasteiger partial charge in [0.05, 0.1) is 12.0 Å². The van der Waals surface area contributed by atoms with Crippen LogP contribution in [0.4, 0.5) is 4.39 Å². The molecule has 0 aliphatic heterocycles. The average Bonchev–Trinajstić information content (AvgIpc) is 3.01. The largest absolute Gasteiger partial charge is 0.351 e. The van der Waals surface area contributed by atoms with Gasteiger partial charge in [-0.3, -0.25) is 0 Å². The first-order valence-corrected chi connectivity index (χ1v) is 6.61. The summed E-state index contributed by atoms with van der Waals surface area (Å²) in [5.74, 6) is -0.263. The van der Waals surface area contributed by atoms with Gasteiger partial charge >= 0.3 is 0 Å². The quantitative estimate of drug-likeness (QED) is 0.761. The Bertz CT molecular complexity index is 662. The molecular formula is C17H15FN2. The summed E-state index contributed by atoms with van der Waals surface area (Å²) in [6.45, 7) is 0. The highest BCUT2D eigenvalue weighted by atomic mass is 19.1. The van der Waals surface area contributed by atoms with Gasteiger partial charge in [0.25, 0.3) is 0 Å². The fourth-order valence-corrected chi connectivity index (χ4v) is 2.44. The third-order valence-corrected chi connectivity index (χ3v) is 3.44. The summed E-state index contributed by atoms with van der Waals surface area (Å²) < 4.78 is 14.1. The lowest BCUT2D eigenvalue weighted by molar-refractivity contribution is 0.592. The number of imidazole rings is 1. The summed E-state index contributed by atoms with van der Waals surface area (Å²) in [7, 11) is 0. The van der Waals surface area contributed by atoms with Crippen LogP contribution < -0.4 is 0 Å². The lowest BCUT2D eigenvalue weighted by Gasteiger charge is -2.16. The zero-order valence-electron chi connectivity index (χ0n) is 11.0. The van der Waals surface area contributed by atoms with Crippen molar-refractivity contribution in [2.75, 3.05) is 0 Å². The molecule has 0 fully saturated rings. The number of nitrogens with zero attached hydrogens (tertiary/aromatic N) is 1. The van der Waals surface area contributed by atoms with E-state index in [1.54, 1.807) is 12.4 Å². The lowest BCUT2D eigenvalue weighted by atomic mass is 9.89. The van der Waals surface area contributed by atoms with Crippen molar-refractivity contribution in [1.29, 1.82) is 0 Å². The number of nitrogens with one attached hydrogen (secondary N) is 1. The molecule has 100 valence electrons. The van der Waals surface area contributed by atoms with Gasteiger partial charge in [0.2, 0.25) is 0 Å². The molecule has 0 saturated heterocycles. The number of aromatic amines is 1. The van der Waals surface area contributed by atoms with Crippen LogP contribution in [0.3, 0.4) is 0 Å². The van der Waals surface area contributed by atoms with E-state index in [2.05, 4.69) is 22.1 Å². The number of benzene rings is 2. The zero-order chi connectivity index (χ0) is 13.8. The molecular weight excluding hydrogens is 251 g/mol. The molecule has 0 saturated carbocycles. The van der Waals surface area contributed by atoms with Crippen LogP contribution in [-0.4, -0.2) is 9.97 Å². The van der Waals surface area contributed by atoms with Crippen LogP contribution in [0, 0.1) is 5.82 Å². The van der Waals surface area contributed by atoms with Crippen LogP contribution in [-0.2, 0) is 6.42 Å². The number of halogens is 1. The highest BCUT2D eigenvalue weighted by Gasteiger charge is 2.19. The van der Waals surface area contributed by atoms with E-state index >= 15 is 0 Å². The number of H-pyrrole nitrogens is 1. The first-order valence-electron chi connectivity index (χ1n) is 6.61. The van der Waals surface area contributed by atoms with E-state index in [0.717, 1.165) is 12.1 Å². The Labute approximate surface area is 117 Å². The second kappa shape index (κ2) is 5.70. The number of hydrogen-bond acceptors (Lipinski definition) is 1. The molecule has 20 heavy (non-hydrogen) atoms. The van der Waals surface area contributed by atoms with Crippen molar-refractivity contribution in [2.24, 2.45) is 0 Å². The number of aromatic nitrogens is 2. The Morgan fingerprint density at radius 2 is 1.75 bits per heavy atom. The van der Waals surface area contributed by atoms with Crippen molar-refractivity contribution >= 4 is 0 Å². The molecule has 1 N–H and O–H groups in total. The second-order valence-corrected chi connectivity index (χ2v) is 4.76. The molecule has 3 heteroatoms. The maximum absolute atomic E-state index is 14.1. The van der Waals surface area contributed by atoms with Crippen LogP contribution in [0.15, 0.2) is 67.1 Å². The molecule has 0 spiro atoms. The van der Waals surface area contributed by atoms with E-state index in [-0.39, 0.29) is 11.7 Å². The van der Waals surface area contributed by atoms with Crippen molar-refractivity contribution < 1.29 is 4.39 Å². The lowest BCUT2D eigenvalue weighted by Crippen LogP contribution is -2.07. The van der Waals surface area contributed by atoms with Crippen LogP contribution in [0.1, 0.15) is 22.7 Å². The first kappa shape index (κ1) is 12.6. The van der Waals surface area contributed by atoms with Gasteiger partial charge in [-0.15, -0.1) is 0 Å². The van der Waals surface area contributed by atoms with Crippen molar-refractivity contribution in [3.63, 3.8) is 0 Å². The van der Waals surface area contributed by atoms with Crippen molar-refractivity contribution in [1.82, 2.24) is 9.97 Å². The Balaban J connectivity index is 1.99. The summed E-state index contributed by atoms with van der Waals surface area (Å²) in [4.78, 5) is 7.26. The minimum Gasteiger partial charge on any atom is -0.351 e. The Hall–Kier alpha value is -2.42. The molecule has 0 bridgehead atoms. The predicted molar refractivity (Wildman–Crippen MR) is 77.0 cm³/mol. The zero-order valence-corrected chi connectivity index (χ0v) is 11.0. The summed E-state index contributed by atoms with van der Waals surface area (Å²) in [6, 6.07) is 17.0. The van der Waals surface area contributed by atoms with Gasteiger partial charge in [-0.2, -0.15) is 0 Å². The molecule has 2 nitrogen and oxygen atoms in total. The topological polar surface area (TPSA) is 28.7 Å². The van der Waals surface area contributed by atoms with Crippen LogP contribution in [0.2, 0.25) is 0 Å². The summed E-state index contributed by atoms with van der Waals surface area (Å²) in [5, 5.41) is 0. The predicted octanol–water partition coefficient (Wildman–Crippen LogP) is 3.92. The SMILES string of the molecule is Fc1ccccc1C(Cc1ccccc1)c1c[nH]cn1. The summed E-state index contributed by atoms with van der Waals surface area (Å²) >= 11 is 0. The smallest absolute Gasteiger partial charge is 0.127 e. The fourth-order valence-electron chi connectivity index (χ4n) is 2.44. The molecule has 1 aromatic heterocycles. The van der Waals surface area contributed by atoms with Crippen LogP contribution >= 0.6 is 0 Å². The van der Waals surface area contributed by atoms with Gasteiger partial charge in [0, 0.05) is 12.1 Å². The monoisotopic (exact) mass is 266 g/mol. The molecule has 3 aromatic rings. The molecule has 0 aliphatic rings. The molecule has 2 aromatic carbocycles. The van der Waals surface area contributed by atoms with Gasteiger partial charge in [-0.05, 0) is 23.6 Å². The van der Waals surface area contributed by atoms with Crippen molar-refractivity contribution in [2.45, 2.75) is 12.3 Å². The third-order valence-electron chi connectivity index (χ3n) is 3.44. The second-order valence-electron chi connectivity index (χ2n) is 4.76. The molecule has 1 heterocycles. The maximum Gasteiger partial charge on any atom is 0.127 e. The van der Waals surface area contributed by atoms with E-state index in [1.807, 2.05) is 36.5 Å². The van der Waals surface area contributed by atoms with Gasteiger partial charge in [-0.1, -0.05) is 48.5 Å². The fraction of sp³-hybridized carbons (Fsp3) is 0.118. The standard InChI is InChI=1S/C17H15FN2/c18-16-9-5-4-8-14(16)15(17-11-19-12-20-17)10-13-6-2-1-3-7-13/h1-9,11-12,15H,10H2,(H,19,20). The van der Waals surface area contributed by atoms with Gasteiger partial charge in [0.15, 0.2) is 0 Å².